The van der Waals surface area contributed by atoms with E-state index in [4.69, 9.17) is 10.5 Å². The highest BCUT2D eigenvalue weighted by molar-refractivity contribution is 5.57. The zero-order valence-electron chi connectivity index (χ0n) is 11.1. The minimum atomic E-state index is 0.155. The number of anilines is 3. The fourth-order valence-electron chi connectivity index (χ4n) is 1.72. The van der Waals surface area contributed by atoms with Gasteiger partial charge < -0.3 is 15.4 Å². The number of ether oxygens (including phenoxy) is 1. The maximum atomic E-state index is 5.69. The quantitative estimate of drug-likeness (QED) is 0.885. The Balaban J connectivity index is 2.38. The first-order valence-electron chi connectivity index (χ1n) is 6.21. The maximum absolute atomic E-state index is 5.69. The van der Waals surface area contributed by atoms with Crippen LogP contribution in [0, 0.1) is 0 Å². The molecule has 100 valence electrons. The molecule has 2 rings (SSSR count). The van der Waals surface area contributed by atoms with E-state index in [0.29, 0.717) is 12.6 Å². The SMILES string of the molecule is CCOc1nc(N)nc(N(CC)c2ccccc2)n1. The largest absolute Gasteiger partial charge is 0.464 e. The van der Waals surface area contributed by atoms with Crippen LogP contribution in [-0.2, 0) is 0 Å². The highest BCUT2D eigenvalue weighted by atomic mass is 16.5. The van der Waals surface area contributed by atoms with Crippen LogP contribution in [0.15, 0.2) is 30.3 Å². The van der Waals surface area contributed by atoms with Crippen LogP contribution in [0.5, 0.6) is 6.01 Å². The molecule has 1 aromatic carbocycles. The van der Waals surface area contributed by atoms with Gasteiger partial charge in [-0.1, -0.05) is 18.2 Å². The van der Waals surface area contributed by atoms with Gasteiger partial charge in [0.25, 0.3) is 0 Å². The maximum Gasteiger partial charge on any atom is 0.323 e. The smallest absolute Gasteiger partial charge is 0.323 e. The van der Waals surface area contributed by atoms with Gasteiger partial charge >= 0.3 is 6.01 Å². The first kappa shape index (κ1) is 13.1. The summed E-state index contributed by atoms with van der Waals surface area (Å²) in [6, 6.07) is 10.1. The number of rotatable bonds is 5. The molecule has 19 heavy (non-hydrogen) atoms. The summed E-state index contributed by atoms with van der Waals surface area (Å²) in [7, 11) is 0. The first-order valence-corrected chi connectivity index (χ1v) is 6.21. The fraction of sp³-hybridized carbons (Fsp3) is 0.308. The van der Waals surface area contributed by atoms with Crippen LogP contribution in [0.2, 0.25) is 0 Å². The number of hydrogen-bond acceptors (Lipinski definition) is 6. The Labute approximate surface area is 112 Å². The van der Waals surface area contributed by atoms with Gasteiger partial charge in [-0.2, -0.15) is 15.0 Å². The van der Waals surface area contributed by atoms with Crippen molar-refractivity contribution >= 4 is 17.6 Å². The summed E-state index contributed by atoms with van der Waals surface area (Å²) in [4.78, 5) is 14.3. The van der Waals surface area contributed by atoms with Crippen molar-refractivity contribution in [1.29, 1.82) is 0 Å². The van der Waals surface area contributed by atoms with E-state index in [1.165, 1.54) is 0 Å². The summed E-state index contributed by atoms with van der Waals surface area (Å²) < 4.78 is 5.29. The number of nitrogen functional groups attached to an aromatic ring is 1. The number of aromatic nitrogens is 3. The molecule has 6 heteroatoms. The molecule has 0 bridgehead atoms. The van der Waals surface area contributed by atoms with Gasteiger partial charge in [-0.25, -0.2) is 0 Å². The molecule has 0 unspecified atom stereocenters. The summed E-state index contributed by atoms with van der Waals surface area (Å²) >= 11 is 0. The molecule has 0 aliphatic rings. The third-order valence-corrected chi connectivity index (χ3v) is 2.52. The van der Waals surface area contributed by atoms with Crippen molar-refractivity contribution in [3.8, 4) is 6.01 Å². The van der Waals surface area contributed by atoms with E-state index in [-0.39, 0.29) is 12.0 Å². The van der Waals surface area contributed by atoms with Gasteiger partial charge in [0.2, 0.25) is 11.9 Å². The highest BCUT2D eigenvalue weighted by Gasteiger charge is 2.13. The van der Waals surface area contributed by atoms with Crippen LogP contribution in [-0.4, -0.2) is 28.1 Å². The molecule has 2 N–H and O–H groups in total. The second-order valence-corrected chi connectivity index (χ2v) is 3.79. The Morgan fingerprint density at radius 2 is 1.84 bits per heavy atom. The summed E-state index contributed by atoms with van der Waals surface area (Å²) in [6.07, 6.45) is 0. The molecule has 1 heterocycles. The van der Waals surface area contributed by atoms with Crippen LogP contribution in [0.1, 0.15) is 13.8 Å². The molecule has 0 aliphatic heterocycles. The van der Waals surface area contributed by atoms with Crippen LogP contribution in [0.4, 0.5) is 17.6 Å². The Hall–Kier alpha value is -2.37. The molecule has 0 saturated carbocycles. The molecule has 0 atom stereocenters. The van der Waals surface area contributed by atoms with Crippen molar-refractivity contribution < 1.29 is 4.74 Å². The van der Waals surface area contributed by atoms with Crippen LogP contribution < -0.4 is 15.4 Å². The number of para-hydroxylation sites is 1. The van der Waals surface area contributed by atoms with Crippen LogP contribution in [0.25, 0.3) is 0 Å². The molecule has 6 nitrogen and oxygen atoms in total. The molecule has 1 aromatic heterocycles. The van der Waals surface area contributed by atoms with Crippen molar-refractivity contribution in [1.82, 2.24) is 15.0 Å². The van der Waals surface area contributed by atoms with Gasteiger partial charge in [0.05, 0.1) is 6.61 Å². The summed E-state index contributed by atoms with van der Waals surface area (Å²) in [5.41, 5.74) is 6.69. The Kier molecular flexibility index (Phi) is 4.12. The number of benzene rings is 1. The lowest BCUT2D eigenvalue weighted by Crippen LogP contribution is -2.20. The molecule has 0 aliphatic carbocycles. The van der Waals surface area contributed by atoms with E-state index in [1.807, 2.05) is 49.1 Å². The van der Waals surface area contributed by atoms with Gasteiger partial charge in [0.1, 0.15) is 0 Å². The molecular formula is C13H17N5O. The van der Waals surface area contributed by atoms with Crippen molar-refractivity contribution in [2.75, 3.05) is 23.8 Å². The standard InChI is InChI=1S/C13H17N5O/c1-3-18(10-8-6-5-7-9-10)12-15-11(14)16-13(17-12)19-4-2/h5-9H,3-4H2,1-2H3,(H2,14,15,16,17). The first-order chi connectivity index (χ1) is 9.24. The van der Waals surface area contributed by atoms with Gasteiger partial charge in [-0.05, 0) is 26.0 Å². The minimum absolute atomic E-state index is 0.155. The fourth-order valence-corrected chi connectivity index (χ4v) is 1.72. The van der Waals surface area contributed by atoms with E-state index in [2.05, 4.69) is 15.0 Å². The Bertz CT molecular complexity index is 532. The molecule has 0 fully saturated rings. The second-order valence-electron chi connectivity index (χ2n) is 3.79. The third kappa shape index (κ3) is 3.09. The summed E-state index contributed by atoms with van der Waals surface area (Å²) in [5.74, 6) is 0.646. The molecular weight excluding hydrogens is 242 g/mol. The molecule has 0 radical (unpaired) electrons. The predicted octanol–water partition coefficient (Wildman–Crippen LogP) is 2.01. The summed E-state index contributed by atoms with van der Waals surface area (Å²) in [6.45, 7) is 5.10. The predicted molar refractivity (Wildman–Crippen MR) is 74.5 cm³/mol. The van der Waals surface area contributed by atoms with Crippen LogP contribution in [0.3, 0.4) is 0 Å². The van der Waals surface area contributed by atoms with Gasteiger partial charge in [-0.15, -0.1) is 0 Å². The van der Waals surface area contributed by atoms with Gasteiger partial charge in [0, 0.05) is 12.2 Å². The van der Waals surface area contributed by atoms with E-state index in [0.717, 1.165) is 12.2 Å². The van der Waals surface area contributed by atoms with E-state index in [9.17, 15) is 0 Å². The molecule has 0 spiro atoms. The van der Waals surface area contributed by atoms with Crippen LogP contribution >= 0.6 is 0 Å². The Morgan fingerprint density at radius 1 is 1.11 bits per heavy atom. The average Bonchev–Trinajstić information content (AvgIpc) is 2.40. The number of nitrogens with zero attached hydrogens (tertiary/aromatic N) is 4. The van der Waals surface area contributed by atoms with Crippen molar-refractivity contribution in [2.45, 2.75) is 13.8 Å². The topological polar surface area (TPSA) is 77.2 Å². The summed E-state index contributed by atoms with van der Waals surface area (Å²) in [5, 5.41) is 0. The van der Waals surface area contributed by atoms with E-state index in [1.54, 1.807) is 0 Å². The van der Waals surface area contributed by atoms with Gasteiger partial charge in [-0.3, -0.25) is 0 Å². The lowest BCUT2D eigenvalue weighted by atomic mass is 10.3. The number of nitrogens with two attached hydrogens (primary N) is 1. The van der Waals surface area contributed by atoms with Crippen molar-refractivity contribution in [2.24, 2.45) is 0 Å². The lowest BCUT2D eigenvalue weighted by Gasteiger charge is -2.21. The zero-order valence-corrected chi connectivity index (χ0v) is 11.1. The second kappa shape index (κ2) is 5.99. The van der Waals surface area contributed by atoms with Gasteiger partial charge in [0.15, 0.2) is 0 Å². The normalized spacial score (nSPS) is 10.2. The zero-order chi connectivity index (χ0) is 13.7. The molecule has 2 aromatic rings. The van der Waals surface area contributed by atoms with E-state index < -0.39 is 0 Å². The minimum Gasteiger partial charge on any atom is -0.464 e. The monoisotopic (exact) mass is 259 g/mol. The Morgan fingerprint density at radius 3 is 2.47 bits per heavy atom. The number of hydrogen-bond donors (Lipinski definition) is 1. The van der Waals surface area contributed by atoms with Crippen molar-refractivity contribution in [3.05, 3.63) is 30.3 Å². The third-order valence-electron chi connectivity index (χ3n) is 2.52. The molecule has 0 saturated heterocycles. The lowest BCUT2D eigenvalue weighted by molar-refractivity contribution is 0.312. The van der Waals surface area contributed by atoms with E-state index >= 15 is 0 Å². The average molecular weight is 259 g/mol. The van der Waals surface area contributed by atoms with Crippen molar-refractivity contribution in [3.63, 3.8) is 0 Å². The molecule has 0 amide bonds. The highest BCUT2D eigenvalue weighted by Crippen LogP contribution is 2.22.